The Morgan fingerprint density at radius 3 is 2.24 bits per heavy atom. The van der Waals surface area contributed by atoms with Gasteiger partial charge in [-0.05, 0) is 44.2 Å². The number of amides is 2. The molecule has 0 saturated heterocycles. The highest BCUT2D eigenvalue weighted by Gasteiger charge is 2.16. The van der Waals surface area contributed by atoms with Crippen LogP contribution in [0.2, 0.25) is 0 Å². The molecule has 0 aliphatic carbocycles. The normalized spacial score (nSPS) is 11.9. The fraction of sp³-hybridized carbons (Fsp3) is 0.500. The van der Waals surface area contributed by atoms with Crippen molar-refractivity contribution in [3.8, 4) is 0 Å². The third-order valence-corrected chi connectivity index (χ3v) is 3.35. The first-order valence-electron chi connectivity index (χ1n) is 7.13. The zero-order chi connectivity index (χ0) is 16.0. The summed E-state index contributed by atoms with van der Waals surface area (Å²) in [7, 11) is 0. The van der Waals surface area contributed by atoms with Crippen LogP contribution in [0.1, 0.15) is 30.0 Å². The SMILES string of the molecule is Cc1cc(C)c(NC(=O)C(=O)NCC(C)CCO)c(C)c1. The van der Waals surface area contributed by atoms with E-state index < -0.39 is 11.8 Å². The van der Waals surface area contributed by atoms with Gasteiger partial charge in [0.15, 0.2) is 0 Å². The number of benzene rings is 1. The summed E-state index contributed by atoms with van der Waals surface area (Å²) in [5, 5.41) is 14.0. The third-order valence-electron chi connectivity index (χ3n) is 3.35. The minimum Gasteiger partial charge on any atom is -0.396 e. The Bertz CT molecular complexity index is 503. The summed E-state index contributed by atoms with van der Waals surface area (Å²) in [6, 6.07) is 3.92. The van der Waals surface area contributed by atoms with Gasteiger partial charge in [-0.25, -0.2) is 0 Å². The van der Waals surface area contributed by atoms with Crippen molar-refractivity contribution < 1.29 is 14.7 Å². The summed E-state index contributed by atoms with van der Waals surface area (Å²) >= 11 is 0. The van der Waals surface area contributed by atoms with Gasteiger partial charge in [-0.3, -0.25) is 9.59 Å². The topological polar surface area (TPSA) is 78.4 Å². The van der Waals surface area contributed by atoms with E-state index in [1.54, 1.807) is 0 Å². The molecule has 1 unspecified atom stereocenters. The minimum absolute atomic E-state index is 0.0744. The Balaban J connectivity index is 2.63. The van der Waals surface area contributed by atoms with Gasteiger partial charge in [0.2, 0.25) is 0 Å². The minimum atomic E-state index is -0.666. The molecular formula is C16H24N2O3. The highest BCUT2D eigenvalue weighted by molar-refractivity contribution is 6.39. The van der Waals surface area contributed by atoms with Gasteiger partial charge in [0.1, 0.15) is 0 Å². The second kappa shape index (κ2) is 7.78. The molecular weight excluding hydrogens is 268 g/mol. The molecule has 0 heterocycles. The molecule has 0 spiro atoms. The Kier molecular flexibility index (Phi) is 6.37. The zero-order valence-electron chi connectivity index (χ0n) is 13.1. The van der Waals surface area contributed by atoms with Crippen molar-refractivity contribution in [3.05, 3.63) is 28.8 Å². The molecule has 0 bridgehead atoms. The molecule has 0 aliphatic heterocycles. The maximum Gasteiger partial charge on any atom is 0.313 e. The number of carbonyl (C=O) groups is 2. The van der Waals surface area contributed by atoms with E-state index in [0.29, 0.717) is 18.7 Å². The maximum atomic E-state index is 11.9. The first-order valence-corrected chi connectivity index (χ1v) is 7.13. The number of hydrogen-bond acceptors (Lipinski definition) is 3. The molecule has 1 rings (SSSR count). The molecule has 5 heteroatoms. The summed E-state index contributed by atoms with van der Waals surface area (Å²) < 4.78 is 0. The number of rotatable bonds is 5. The van der Waals surface area contributed by atoms with Crippen LogP contribution in [-0.2, 0) is 9.59 Å². The van der Waals surface area contributed by atoms with Gasteiger partial charge in [-0.15, -0.1) is 0 Å². The van der Waals surface area contributed by atoms with Crippen LogP contribution in [0.5, 0.6) is 0 Å². The van der Waals surface area contributed by atoms with Gasteiger partial charge in [0.05, 0.1) is 0 Å². The third kappa shape index (κ3) is 5.19. The van der Waals surface area contributed by atoms with Crippen molar-refractivity contribution in [2.45, 2.75) is 34.1 Å². The lowest BCUT2D eigenvalue weighted by atomic mass is 10.1. The number of anilines is 1. The number of hydrogen-bond donors (Lipinski definition) is 3. The Morgan fingerprint density at radius 1 is 1.14 bits per heavy atom. The summed E-state index contributed by atoms with van der Waals surface area (Å²) in [5.41, 5.74) is 3.67. The Labute approximate surface area is 125 Å². The smallest absolute Gasteiger partial charge is 0.313 e. The average Bonchev–Trinajstić information content (AvgIpc) is 2.40. The molecule has 5 nitrogen and oxygen atoms in total. The van der Waals surface area contributed by atoms with Crippen LogP contribution >= 0.6 is 0 Å². The average molecular weight is 292 g/mol. The second-order valence-electron chi connectivity index (χ2n) is 5.56. The standard InChI is InChI=1S/C16H24N2O3/c1-10(5-6-19)9-17-15(20)16(21)18-14-12(3)7-11(2)8-13(14)4/h7-8,10,19H,5-6,9H2,1-4H3,(H,17,20)(H,18,21). The lowest BCUT2D eigenvalue weighted by Crippen LogP contribution is -2.38. The van der Waals surface area contributed by atoms with Gasteiger partial charge < -0.3 is 15.7 Å². The van der Waals surface area contributed by atoms with Crippen LogP contribution in [0.25, 0.3) is 0 Å². The van der Waals surface area contributed by atoms with Crippen LogP contribution in [0.3, 0.4) is 0 Å². The zero-order valence-corrected chi connectivity index (χ0v) is 13.1. The van der Waals surface area contributed by atoms with Crippen LogP contribution in [-0.4, -0.2) is 30.1 Å². The first kappa shape index (κ1) is 17.2. The van der Waals surface area contributed by atoms with E-state index in [2.05, 4.69) is 10.6 Å². The molecule has 1 atom stereocenters. The molecule has 21 heavy (non-hydrogen) atoms. The van der Waals surface area contributed by atoms with Gasteiger partial charge in [-0.1, -0.05) is 24.6 Å². The summed E-state index contributed by atoms with van der Waals surface area (Å²) in [6.45, 7) is 8.14. The Hall–Kier alpha value is -1.88. The number of aliphatic hydroxyl groups is 1. The lowest BCUT2D eigenvalue weighted by Gasteiger charge is -2.14. The molecule has 1 aromatic rings. The van der Waals surface area contributed by atoms with E-state index in [-0.39, 0.29) is 12.5 Å². The first-order chi connectivity index (χ1) is 9.85. The largest absolute Gasteiger partial charge is 0.396 e. The van der Waals surface area contributed by atoms with E-state index in [0.717, 1.165) is 16.7 Å². The number of carbonyl (C=O) groups excluding carboxylic acids is 2. The monoisotopic (exact) mass is 292 g/mol. The molecule has 0 radical (unpaired) electrons. The molecule has 116 valence electrons. The number of aryl methyl sites for hydroxylation is 3. The van der Waals surface area contributed by atoms with E-state index in [1.165, 1.54) is 0 Å². The predicted octanol–water partition coefficient (Wildman–Crippen LogP) is 1.69. The van der Waals surface area contributed by atoms with Crippen molar-refractivity contribution in [2.75, 3.05) is 18.5 Å². The van der Waals surface area contributed by atoms with Crippen molar-refractivity contribution in [1.82, 2.24) is 5.32 Å². The highest BCUT2D eigenvalue weighted by atomic mass is 16.3. The van der Waals surface area contributed by atoms with E-state index in [1.807, 2.05) is 39.8 Å². The van der Waals surface area contributed by atoms with Gasteiger partial charge in [-0.2, -0.15) is 0 Å². The van der Waals surface area contributed by atoms with Crippen LogP contribution < -0.4 is 10.6 Å². The van der Waals surface area contributed by atoms with Crippen LogP contribution in [0, 0.1) is 26.7 Å². The molecule has 0 saturated carbocycles. The summed E-state index contributed by atoms with van der Waals surface area (Å²) in [4.78, 5) is 23.7. The van der Waals surface area contributed by atoms with Gasteiger partial charge in [0.25, 0.3) is 0 Å². The van der Waals surface area contributed by atoms with Crippen molar-refractivity contribution in [1.29, 1.82) is 0 Å². The van der Waals surface area contributed by atoms with Crippen LogP contribution in [0.4, 0.5) is 5.69 Å². The maximum absolute atomic E-state index is 11.9. The van der Waals surface area contributed by atoms with Gasteiger partial charge >= 0.3 is 11.8 Å². The highest BCUT2D eigenvalue weighted by Crippen LogP contribution is 2.21. The molecule has 3 N–H and O–H groups in total. The van der Waals surface area contributed by atoms with Crippen molar-refractivity contribution in [2.24, 2.45) is 5.92 Å². The Morgan fingerprint density at radius 2 is 1.71 bits per heavy atom. The summed E-state index contributed by atoms with van der Waals surface area (Å²) in [5.74, 6) is -1.19. The lowest BCUT2D eigenvalue weighted by molar-refractivity contribution is -0.136. The van der Waals surface area contributed by atoms with Crippen LogP contribution in [0.15, 0.2) is 12.1 Å². The summed E-state index contributed by atoms with van der Waals surface area (Å²) in [6.07, 6.45) is 0.595. The fourth-order valence-corrected chi connectivity index (χ4v) is 2.22. The number of aliphatic hydroxyl groups excluding tert-OH is 1. The van der Waals surface area contributed by atoms with E-state index in [4.69, 9.17) is 5.11 Å². The molecule has 0 aromatic heterocycles. The van der Waals surface area contributed by atoms with E-state index in [9.17, 15) is 9.59 Å². The van der Waals surface area contributed by atoms with Gasteiger partial charge in [0, 0.05) is 18.8 Å². The fourth-order valence-electron chi connectivity index (χ4n) is 2.22. The predicted molar refractivity (Wildman–Crippen MR) is 83.2 cm³/mol. The molecule has 2 amide bonds. The number of nitrogens with one attached hydrogen (secondary N) is 2. The van der Waals surface area contributed by atoms with Crippen molar-refractivity contribution in [3.63, 3.8) is 0 Å². The molecule has 0 fully saturated rings. The second-order valence-corrected chi connectivity index (χ2v) is 5.56. The van der Waals surface area contributed by atoms with E-state index >= 15 is 0 Å². The molecule has 1 aromatic carbocycles. The quantitative estimate of drug-likeness (QED) is 0.723. The van der Waals surface area contributed by atoms with Crippen molar-refractivity contribution >= 4 is 17.5 Å². The molecule has 0 aliphatic rings.